The van der Waals surface area contributed by atoms with Crippen LogP contribution in [-0.2, 0) is 4.84 Å². The van der Waals surface area contributed by atoms with Crippen LogP contribution in [0, 0.1) is 0 Å². The lowest BCUT2D eigenvalue weighted by Crippen LogP contribution is -1.96. The van der Waals surface area contributed by atoms with Gasteiger partial charge in [-0.3, -0.25) is 4.84 Å². The van der Waals surface area contributed by atoms with Gasteiger partial charge in [0.2, 0.25) is 0 Å². The van der Waals surface area contributed by atoms with E-state index in [1.54, 1.807) is 0 Å². The maximum Gasteiger partial charge on any atom is 0.286 e. The second-order valence-corrected chi connectivity index (χ2v) is 1.04. The van der Waals surface area contributed by atoms with Gasteiger partial charge in [0, 0.05) is 0 Å². The fraction of sp³-hybridized carbons (Fsp3) is 0.500. The van der Waals surface area contributed by atoms with Gasteiger partial charge in [-0.25, -0.2) is 5.48 Å². The van der Waals surface area contributed by atoms with Crippen LogP contribution in [0.5, 0.6) is 0 Å². The summed E-state index contributed by atoms with van der Waals surface area (Å²) in [6, 6.07) is 0. The van der Waals surface area contributed by atoms with Gasteiger partial charge in [0.1, 0.15) is 0 Å². The summed E-state index contributed by atoms with van der Waals surface area (Å²) in [5.74, 6) is 0.326. The fourth-order valence-corrected chi connectivity index (χ4v) is 0.296. The minimum atomic E-state index is 0. The summed E-state index contributed by atoms with van der Waals surface area (Å²) in [5.41, 5.74) is 2.37. The van der Waals surface area contributed by atoms with E-state index in [2.05, 4.69) is 30.9 Å². The van der Waals surface area contributed by atoms with E-state index in [1.165, 1.54) is 7.11 Å². The number of hydrogen-bond acceptors (Lipinski definition) is 5. The minimum absolute atomic E-state index is 0. The number of rotatable bonds is 2. The molecule has 0 saturated carbocycles. The Hall–Kier alpha value is -0.880. The molecule has 2 N–H and O–H groups in total. The van der Waals surface area contributed by atoms with Crippen molar-refractivity contribution < 1.29 is 4.84 Å². The molecule has 1 aromatic rings. The Labute approximate surface area is 57.3 Å². The summed E-state index contributed by atoms with van der Waals surface area (Å²) in [6.45, 7) is 0. The second-order valence-electron chi connectivity index (χ2n) is 1.04. The van der Waals surface area contributed by atoms with E-state index in [4.69, 9.17) is 0 Å². The van der Waals surface area contributed by atoms with E-state index in [0.717, 1.165) is 0 Å². The van der Waals surface area contributed by atoms with Crippen molar-refractivity contribution >= 4 is 18.4 Å². The Bertz CT molecular complexity index is 141. The first kappa shape index (κ1) is 8.12. The van der Waals surface area contributed by atoms with Crippen LogP contribution in [0.1, 0.15) is 0 Å². The smallest absolute Gasteiger partial charge is 0.277 e. The highest BCUT2D eigenvalue weighted by molar-refractivity contribution is 5.85. The average Bonchev–Trinajstić information content (AvgIpc) is 2.19. The number of aromatic nitrogens is 4. The number of halogens is 1. The highest BCUT2D eigenvalue weighted by Gasteiger charge is 1.89. The molecule has 0 aliphatic heterocycles. The van der Waals surface area contributed by atoms with Gasteiger partial charge in [-0.05, 0) is 5.21 Å². The number of aromatic amines is 1. The van der Waals surface area contributed by atoms with Crippen molar-refractivity contribution in [3.8, 4) is 0 Å². The number of hydrogen-bond donors (Lipinski definition) is 2. The molecule has 1 rings (SSSR count). The van der Waals surface area contributed by atoms with Crippen molar-refractivity contribution in [2.24, 2.45) is 0 Å². The predicted octanol–water partition coefficient (Wildman–Crippen LogP) is -0.405. The van der Waals surface area contributed by atoms with E-state index in [-0.39, 0.29) is 12.4 Å². The van der Waals surface area contributed by atoms with Gasteiger partial charge >= 0.3 is 0 Å². The van der Waals surface area contributed by atoms with Gasteiger partial charge < -0.3 is 0 Å². The molecular weight excluding hydrogens is 146 g/mol. The second kappa shape index (κ2) is 4.04. The zero-order valence-corrected chi connectivity index (χ0v) is 5.47. The summed E-state index contributed by atoms with van der Waals surface area (Å²) in [5, 5.41) is 12.5. The first-order valence-electron chi connectivity index (χ1n) is 1.96. The highest BCUT2D eigenvalue weighted by Crippen LogP contribution is 1.85. The van der Waals surface area contributed by atoms with Gasteiger partial charge in [-0.15, -0.1) is 17.5 Å². The largest absolute Gasteiger partial charge is 0.286 e. The van der Waals surface area contributed by atoms with Crippen molar-refractivity contribution in [3.05, 3.63) is 0 Å². The van der Waals surface area contributed by atoms with Crippen LogP contribution in [0.15, 0.2) is 0 Å². The van der Waals surface area contributed by atoms with Crippen molar-refractivity contribution in [1.82, 2.24) is 20.6 Å². The zero-order valence-electron chi connectivity index (χ0n) is 4.66. The number of nitrogens with zero attached hydrogens (tertiary/aromatic N) is 3. The average molecular weight is 152 g/mol. The quantitative estimate of drug-likeness (QED) is 0.563. The summed E-state index contributed by atoms with van der Waals surface area (Å²) in [7, 11) is 1.47. The monoisotopic (exact) mass is 151 g/mol. The number of tetrazole rings is 1. The van der Waals surface area contributed by atoms with Crippen LogP contribution < -0.4 is 5.48 Å². The third kappa shape index (κ3) is 2.24. The first-order chi connectivity index (χ1) is 3.93. The normalized spacial score (nSPS) is 8.11. The summed E-state index contributed by atoms with van der Waals surface area (Å²) >= 11 is 0. The van der Waals surface area contributed by atoms with E-state index < -0.39 is 0 Å². The van der Waals surface area contributed by atoms with Crippen LogP contribution in [0.25, 0.3) is 0 Å². The minimum Gasteiger partial charge on any atom is -0.277 e. The lowest BCUT2D eigenvalue weighted by Gasteiger charge is -1.89. The van der Waals surface area contributed by atoms with Crippen molar-refractivity contribution in [2.45, 2.75) is 0 Å². The Kier molecular flexibility index (Phi) is 3.65. The van der Waals surface area contributed by atoms with E-state index in [1.807, 2.05) is 0 Å². The molecule has 0 spiro atoms. The summed E-state index contributed by atoms with van der Waals surface area (Å²) in [4.78, 5) is 4.45. The number of anilines is 1. The maximum absolute atomic E-state index is 4.45. The van der Waals surface area contributed by atoms with Crippen molar-refractivity contribution in [1.29, 1.82) is 0 Å². The molecule has 0 fully saturated rings. The Balaban J connectivity index is 0.000000640. The summed E-state index contributed by atoms with van der Waals surface area (Å²) in [6.07, 6.45) is 0. The van der Waals surface area contributed by atoms with Crippen molar-refractivity contribution in [2.75, 3.05) is 12.6 Å². The van der Waals surface area contributed by atoms with Crippen LogP contribution >= 0.6 is 12.4 Å². The Morgan fingerprint density at radius 1 is 1.67 bits per heavy atom. The number of nitrogens with one attached hydrogen (secondary N) is 2. The molecule has 0 bridgehead atoms. The van der Waals surface area contributed by atoms with Gasteiger partial charge in [0.25, 0.3) is 5.95 Å². The van der Waals surface area contributed by atoms with Gasteiger partial charge in [-0.2, -0.15) is 5.21 Å². The standard InChI is InChI=1S/C2H5N5O.ClH/c1-8-5-2-3-6-7-4-2;/h1H3,(H2,3,4,5,6,7);1H. The molecule has 0 radical (unpaired) electrons. The molecule has 0 aromatic carbocycles. The fourth-order valence-electron chi connectivity index (χ4n) is 0.296. The lowest BCUT2D eigenvalue weighted by atomic mass is 11.1. The van der Waals surface area contributed by atoms with Crippen LogP contribution in [0.2, 0.25) is 0 Å². The third-order valence-corrected chi connectivity index (χ3v) is 0.539. The number of H-pyrrole nitrogens is 1. The third-order valence-electron chi connectivity index (χ3n) is 0.539. The van der Waals surface area contributed by atoms with Gasteiger partial charge in [-0.1, -0.05) is 5.10 Å². The van der Waals surface area contributed by atoms with Crippen molar-refractivity contribution in [3.63, 3.8) is 0 Å². The van der Waals surface area contributed by atoms with Crippen LogP contribution in [0.4, 0.5) is 5.95 Å². The predicted molar refractivity (Wildman–Crippen MR) is 32.1 cm³/mol. The molecule has 52 valence electrons. The van der Waals surface area contributed by atoms with Crippen LogP contribution in [-0.4, -0.2) is 27.7 Å². The molecule has 0 aliphatic rings. The van der Waals surface area contributed by atoms with E-state index in [0.29, 0.717) is 5.95 Å². The first-order valence-corrected chi connectivity index (χ1v) is 1.96. The highest BCUT2D eigenvalue weighted by atomic mass is 35.5. The molecule has 0 atom stereocenters. The van der Waals surface area contributed by atoms with E-state index in [9.17, 15) is 0 Å². The van der Waals surface area contributed by atoms with Crippen LogP contribution in [0.3, 0.4) is 0 Å². The molecule has 6 nitrogen and oxygen atoms in total. The topological polar surface area (TPSA) is 75.7 Å². The maximum atomic E-state index is 4.45. The molecule has 1 aromatic heterocycles. The van der Waals surface area contributed by atoms with Gasteiger partial charge in [0.15, 0.2) is 0 Å². The lowest BCUT2D eigenvalue weighted by molar-refractivity contribution is 0.267. The van der Waals surface area contributed by atoms with E-state index >= 15 is 0 Å². The SMILES string of the molecule is CONc1nn[nH]n1.Cl. The molecule has 0 amide bonds. The van der Waals surface area contributed by atoms with Gasteiger partial charge in [0.05, 0.1) is 7.11 Å². The summed E-state index contributed by atoms with van der Waals surface area (Å²) < 4.78 is 0. The molecule has 0 saturated heterocycles. The zero-order chi connectivity index (χ0) is 5.82. The Morgan fingerprint density at radius 2 is 2.44 bits per heavy atom. The molecule has 0 aliphatic carbocycles. The molecule has 0 unspecified atom stereocenters. The molecule has 7 heteroatoms. The Morgan fingerprint density at radius 3 is 2.89 bits per heavy atom. The molecule has 9 heavy (non-hydrogen) atoms. The molecule has 1 heterocycles. The molecular formula is C2H6ClN5O.